The summed E-state index contributed by atoms with van der Waals surface area (Å²) in [6.07, 6.45) is 1.48. The summed E-state index contributed by atoms with van der Waals surface area (Å²) in [7, 11) is 0. The third-order valence-corrected chi connectivity index (χ3v) is 4.60. The second kappa shape index (κ2) is 7.62. The van der Waals surface area contributed by atoms with Crippen LogP contribution in [0.25, 0.3) is 0 Å². The first-order chi connectivity index (χ1) is 13.2. The molecule has 0 N–H and O–H groups in total. The Bertz CT molecular complexity index is 871. The molecule has 0 spiro atoms. The molecule has 1 atom stereocenters. The topological polar surface area (TPSA) is 106 Å². The largest absolute Gasteiger partial charge is 0.340 e. The van der Waals surface area contributed by atoms with Gasteiger partial charge in [0.1, 0.15) is 6.33 Å². The van der Waals surface area contributed by atoms with Gasteiger partial charge in [0.25, 0.3) is 5.91 Å². The lowest BCUT2D eigenvalue weighted by Crippen LogP contribution is -2.50. The Labute approximate surface area is 155 Å². The first-order valence-corrected chi connectivity index (χ1v) is 8.78. The summed E-state index contributed by atoms with van der Waals surface area (Å²) in [5, 5.41) is 15.3. The molecule has 0 aliphatic carbocycles. The maximum atomic E-state index is 13.2. The number of amides is 1. The minimum Gasteiger partial charge on any atom is -0.340 e. The number of hydrogen-bond acceptors (Lipinski definition) is 8. The highest BCUT2D eigenvalue weighted by Gasteiger charge is 2.31. The molecule has 140 valence electrons. The number of aryl methyl sites for hydroxylation is 1. The van der Waals surface area contributed by atoms with E-state index in [2.05, 4.69) is 30.6 Å². The van der Waals surface area contributed by atoms with Crippen LogP contribution in [-0.2, 0) is 11.3 Å². The standard InChI is InChI=1S/C17H20N8O2/c1-13-19-15(20-27-13)11-23-7-9-24(10-8-23)17(26)16(25-12-18-21-22-25)14-5-3-2-4-6-14/h2-6,12,16H,7-11H2,1H3/t16-/m0/s1. The van der Waals surface area contributed by atoms with E-state index < -0.39 is 6.04 Å². The van der Waals surface area contributed by atoms with Gasteiger partial charge in [-0.25, -0.2) is 4.68 Å². The summed E-state index contributed by atoms with van der Waals surface area (Å²) in [4.78, 5) is 21.5. The molecule has 1 aromatic carbocycles. The Morgan fingerprint density at radius 2 is 1.96 bits per heavy atom. The fourth-order valence-corrected chi connectivity index (χ4v) is 3.24. The molecule has 0 bridgehead atoms. The van der Waals surface area contributed by atoms with E-state index in [0.717, 1.165) is 18.7 Å². The predicted molar refractivity (Wildman–Crippen MR) is 93.3 cm³/mol. The number of tetrazole rings is 1. The second-order valence-corrected chi connectivity index (χ2v) is 6.43. The van der Waals surface area contributed by atoms with E-state index in [1.165, 1.54) is 11.0 Å². The quantitative estimate of drug-likeness (QED) is 0.633. The highest BCUT2D eigenvalue weighted by atomic mass is 16.5. The number of benzene rings is 1. The molecule has 2 aromatic heterocycles. The van der Waals surface area contributed by atoms with Gasteiger partial charge in [-0.3, -0.25) is 9.69 Å². The molecule has 0 radical (unpaired) electrons. The predicted octanol–water partition coefficient (Wildman–Crippen LogP) is 0.298. The van der Waals surface area contributed by atoms with Gasteiger partial charge in [-0.1, -0.05) is 35.5 Å². The Balaban J connectivity index is 1.44. The van der Waals surface area contributed by atoms with E-state index >= 15 is 0 Å². The lowest BCUT2D eigenvalue weighted by molar-refractivity contribution is -0.135. The van der Waals surface area contributed by atoms with E-state index in [9.17, 15) is 4.79 Å². The van der Waals surface area contributed by atoms with Crippen molar-refractivity contribution in [3.8, 4) is 0 Å². The molecule has 1 amide bonds. The number of rotatable bonds is 5. The van der Waals surface area contributed by atoms with Crippen LogP contribution in [0.15, 0.2) is 41.2 Å². The van der Waals surface area contributed by atoms with Gasteiger partial charge in [0.05, 0.1) is 6.54 Å². The lowest BCUT2D eigenvalue weighted by atomic mass is 10.1. The van der Waals surface area contributed by atoms with Crippen molar-refractivity contribution in [2.24, 2.45) is 0 Å². The molecule has 10 nitrogen and oxygen atoms in total. The van der Waals surface area contributed by atoms with E-state index in [4.69, 9.17) is 4.52 Å². The van der Waals surface area contributed by atoms with Crippen molar-refractivity contribution >= 4 is 5.91 Å². The van der Waals surface area contributed by atoms with E-state index in [1.807, 2.05) is 35.2 Å². The van der Waals surface area contributed by atoms with Crippen LogP contribution in [0.4, 0.5) is 0 Å². The van der Waals surface area contributed by atoms with Crippen molar-refractivity contribution in [2.45, 2.75) is 19.5 Å². The van der Waals surface area contributed by atoms with Crippen molar-refractivity contribution in [3.63, 3.8) is 0 Å². The molecule has 1 saturated heterocycles. The van der Waals surface area contributed by atoms with Gasteiger partial charge in [-0.2, -0.15) is 4.98 Å². The van der Waals surface area contributed by atoms with Crippen molar-refractivity contribution in [1.29, 1.82) is 0 Å². The van der Waals surface area contributed by atoms with Crippen molar-refractivity contribution in [3.05, 3.63) is 53.9 Å². The van der Waals surface area contributed by atoms with Gasteiger partial charge in [-0.05, 0) is 16.0 Å². The maximum Gasteiger partial charge on any atom is 0.252 e. The number of carbonyl (C=O) groups is 1. The summed E-state index contributed by atoms with van der Waals surface area (Å²) >= 11 is 0. The molecule has 27 heavy (non-hydrogen) atoms. The van der Waals surface area contributed by atoms with Crippen LogP contribution < -0.4 is 0 Å². The zero-order valence-corrected chi connectivity index (χ0v) is 15.0. The lowest BCUT2D eigenvalue weighted by Gasteiger charge is -2.35. The summed E-state index contributed by atoms with van der Waals surface area (Å²) in [6.45, 7) is 5.14. The first kappa shape index (κ1) is 17.3. The van der Waals surface area contributed by atoms with Gasteiger partial charge in [0.15, 0.2) is 11.9 Å². The average molecular weight is 368 g/mol. The summed E-state index contributed by atoms with van der Waals surface area (Å²) in [6, 6.07) is 9.00. The van der Waals surface area contributed by atoms with Gasteiger partial charge in [0, 0.05) is 33.1 Å². The Morgan fingerprint density at radius 3 is 2.59 bits per heavy atom. The minimum atomic E-state index is -0.562. The normalized spacial score (nSPS) is 16.4. The second-order valence-electron chi connectivity index (χ2n) is 6.43. The van der Waals surface area contributed by atoms with Crippen LogP contribution in [-0.4, -0.2) is 72.2 Å². The van der Waals surface area contributed by atoms with Gasteiger partial charge < -0.3 is 9.42 Å². The van der Waals surface area contributed by atoms with Gasteiger partial charge in [0.2, 0.25) is 5.89 Å². The highest BCUT2D eigenvalue weighted by Crippen LogP contribution is 2.20. The molecule has 4 rings (SSSR count). The van der Waals surface area contributed by atoms with Gasteiger partial charge in [-0.15, -0.1) is 5.10 Å². The Morgan fingerprint density at radius 1 is 1.19 bits per heavy atom. The summed E-state index contributed by atoms with van der Waals surface area (Å²) < 4.78 is 6.52. The molecule has 1 aliphatic rings. The molecule has 10 heteroatoms. The maximum absolute atomic E-state index is 13.2. The summed E-state index contributed by atoms with van der Waals surface area (Å²) in [5.41, 5.74) is 0.861. The number of nitrogens with zero attached hydrogens (tertiary/aromatic N) is 8. The molecule has 0 saturated carbocycles. The molecular weight excluding hydrogens is 348 g/mol. The fourth-order valence-electron chi connectivity index (χ4n) is 3.24. The van der Waals surface area contributed by atoms with Crippen LogP contribution in [0.1, 0.15) is 23.3 Å². The van der Waals surface area contributed by atoms with E-state index in [1.54, 1.807) is 6.92 Å². The molecular formula is C17H20N8O2. The van der Waals surface area contributed by atoms with Crippen LogP contribution in [0.5, 0.6) is 0 Å². The third kappa shape index (κ3) is 3.85. The molecule has 3 heterocycles. The van der Waals surface area contributed by atoms with Crippen molar-refractivity contribution in [2.75, 3.05) is 26.2 Å². The monoisotopic (exact) mass is 368 g/mol. The number of hydrogen-bond donors (Lipinski definition) is 0. The molecule has 3 aromatic rings. The van der Waals surface area contributed by atoms with Crippen LogP contribution >= 0.6 is 0 Å². The average Bonchev–Trinajstić information content (AvgIpc) is 3.36. The van der Waals surface area contributed by atoms with E-state index in [0.29, 0.717) is 31.3 Å². The van der Waals surface area contributed by atoms with Crippen molar-refractivity contribution < 1.29 is 9.32 Å². The van der Waals surface area contributed by atoms with E-state index in [-0.39, 0.29) is 5.91 Å². The van der Waals surface area contributed by atoms with Crippen LogP contribution in [0, 0.1) is 6.92 Å². The van der Waals surface area contributed by atoms with Crippen LogP contribution in [0.3, 0.4) is 0 Å². The zero-order chi connectivity index (χ0) is 18.6. The first-order valence-electron chi connectivity index (χ1n) is 8.78. The number of carbonyl (C=O) groups excluding carboxylic acids is 1. The molecule has 1 fully saturated rings. The smallest absolute Gasteiger partial charge is 0.252 e. The number of aromatic nitrogens is 6. The highest BCUT2D eigenvalue weighted by molar-refractivity contribution is 5.83. The minimum absolute atomic E-state index is 0.0106. The number of piperazine rings is 1. The molecule has 0 unspecified atom stereocenters. The SMILES string of the molecule is Cc1nc(CN2CCN(C(=O)[C@H](c3ccccc3)n3cnnn3)CC2)no1. The molecule has 1 aliphatic heterocycles. The zero-order valence-electron chi connectivity index (χ0n) is 15.0. The summed E-state index contributed by atoms with van der Waals surface area (Å²) in [5.74, 6) is 1.22. The van der Waals surface area contributed by atoms with Crippen LogP contribution in [0.2, 0.25) is 0 Å². The Hall–Kier alpha value is -3.14. The fraction of sp³-hybridized carbons (Fsp3) is 0.412. The third-order valence-electron chi connectivity index (χ3n) is 4.60. The Kier molecular flexibility index (Phi) is 4.88. The van der Waals surface area contributed by atoms with Crippen molar-refractivity contribution in [1.82, 2.24) is 40.1 Å². The van der Waals surface area contributed by atoms with Gasteiger partial charge >= 0.3 is 0 Å².